The maximum Gasteiger partial charge on any atom is 0.410 e. The minimum absolute atomic E-state index is 0.310. The first-order valence-electron chi connectivity index (χ1n) is 7.49. The van der Waals surface area contributed by atoms with Crippen molar-refractivity contribution in [3.05, 3.63) is 30.1 Å². The van der Waals surface area contributed by atoms with Crippen LogP contribution in [-0.2, 0) is 16.0 Å². The number of nitrogens with one attached hydrogen (secondary N) is 1. The van der Waals surface area contributed by atoms with Gasteiger partial charge in [0, 0.05) is 45.7 Å². The molecule has 0 radical (unpaired) electrons. The molecule has 0 saturated carbocycles. The van der Waals surface area contributed by atoms with E-state index in [1.807, 2.05) is 32.9 Å². The molecule has 0 spiro atoms. The molecule has 6 nitrogen and oxygen atoms in total. The molecule has 1 heterocycles. The van der Waals surface area contributed by atoms with E-state index in [1.165, 1.54) is 0 Å². The molecule has 1 aromatic rings. The van der Waals surface area contributed by atoms with Crippen LogP contribution in [0.3, 0.4) is 0 Å². The lowest BCUT2D eigenvalue weighted by Gasteiger charge is -2.27. The van der Waals surface area contributed by atoms with Gasteiger partial charge in [0.2, 0.25) is 0 Å². The van der Waals surface area contributed by atoms with Crippen molar-refractivity contribution >= 4 is 6.09 Å². The van der Waals surface area contributed by atoms with Crippen molar-refractivity contribution < 1.29 is 14.3 Å². The highest BCUT2D eigenvalue weighted by molar-refractivity contribution is 5.68. The highest BCUT2D eigenvalue weighted by Crippen LogP contribution is 2.09. The topological polar surface area (TPSA) is 63.7 Å². The predicted molar refractivity (Wildman–Crippen MR) is 85.6 cm³/mol. The number of amides is 1. The molecule has 22 heavy (non-hydrogen) atoms. The van der Waals surface area contributed by atoms with Gasteiger partial charge >= 0.3 is 6.09 Å². The Morgan fingerprint density at radius 2 is 1.95 bits per heavy atom. The normalized spacial score (nSPS) is 11.3. The average molecular weight is 309 g/mol. The first-order chi connectivity index (χ1) is 10.4. The first kappa shape index (κ1) is 18.4. The van der Waals surface area contributed by atoms with Gasteiger partial charge in [0.1, 0.15) is 5.60 Å². The fourth-order valence-electron chi connectivity index (χ4n) is 1.77. The van der Waals surface area contributed by atoms with Crippen LogP contribution in [0.5, 0.6) is 0 Å². The number of carbonyl (C=O) groups excluding carboxylic acids is 1. The zero-order chi connectivity index (χ0) is 16.4. The van der Waals surface area contributed by atoms with E-state index in [0.717, 1.165) is 12.1 Å². The van der Waals surface area contributed by atoms with Crippen LogP contribution in [0, 0.1) is 0 Å². The van der Waals surface area contributed by atoms with E-state index in [2.05, 4.69) is 10.3 Å². The van der Waals surface area contributed by atoms with Crippen molar-refractivity contribution in [3.8, 4) is 0 Å². The molecule has 1 amide bonds. The third kappa shape index (κ3) is 7.95. The smallest absolute Gasteiger partial charge is 0.410 e. The zero-order valence-electron chi connectivity index (χ0n) is 14.0. The van der Waals surface area contributed by atoms with Crippen molar-refractivity contribution in [2.45, 2.75) is 32.9 Å². The third-order valence-electron chi connectivity index (χ3n) is 2.85. The summed E-state index contributed by atoms with van der Waals surface area (Å²) < 4.78 is 10.5. The monoisotopic (exact) mass is 309 g/mol. The highest BCUT2D eigenvalue weighted by atomic mass is 16.6. The van der Waals surface area contributed by atoms with E-state index in [-0.39, 0.29) is 6.09 Å². The summed E-state index contributed by atoms with van der Waals surface area (Å²) in [5.41, 5.74) is 0.670. The van der Waals surface area contributed by atoms with Crippen LogP contribution >= 0.6 is 0 Å². The van der Waals surface area contributed by atoms with Gasteiger partial charge in [0.15, 0.2) is 0 Å². The molecule has 0 bridgehead atoms. The summed E-state index contributed by atoms with van der Waals surface area (Å²) in [5.74, 6) is 0. The molecule has 0 unspecified atom stereocenters. The quantitative estimate of drug-likeness (QED) is 0.745. The molecule has 0 saturated heterocycles. The van der Waals surface area contributed by atoms with Gasteiger partial charge in [-0.15, -0.1) is 0 Å². The number of rotatable bonds is 8. The van der Waals surface area contributed by atoms with E-state index in [0.29, 0.717) is 26.2 Å². The molecule has 0 atom stereocenters. The Kier molecular flexibility index (Phi) is 7.84. The van der Waals surface area contributed by atoms with E-state index < -0.39 is 5.60 Å². The largest absolute Gasteiger partial charge is 0.444 e. The van der Waals surface area contributed by atoms with Crippen LogP contribution in [0.15, 0.2) is 24.5 Å². The Hall–Kier alpha value is -1.66. The van der Waals surface area contributed by atoms with E-state index in [4.69, 9.17) is 9.47 Å². The first-order valence-corrected chi connectivity index (χ1v) is 7.49. The number of hydrogen-bond donors (Lipinski definition) is 1. The minimum atomic E-state index is -0.493. The van der Waals surface area contributed by atoms with Crippen molar-refractivity contribution in [1.29, 1.82) is 0 Å². The second-order valence-electron chi connectivity index (χ2n) is 5.99. The number of ether oxygens (including phenoxy) is 2. The number of nitrogens with zero attached hydrogens (tertiary/aromatic N) is 2. The van der Waals surface area contributed by atoms with Crippen LogP contribution < -0.4 is 5.32 Å². The zero-order valence-corrected chi connectivity index (χ0v) is 14.0. The summed E-state index contributed by atoms with van der Waals surface area (Å²) in [6.07, 6.45) is 3.22. The summed E-state index contributed by atoms with van der Waals surface area (Å²) in [6.45, 7) is 8.60. The number of carbonyl (C=O) groups is 1. The van der Waals surface area contributed by atoms with Crippen LogP contribution in [0.4, 0.5) is 4.79 Å². The molecular formula is C16H27N3O3. The lowest BCUT2D eigenvalue weighted by Crippen LogP contribution is -2.42. The molecule has 1 N–H and O–H groups in total. The van der Waals surface area contributed by atoms with E-state index in [1.54, 1.807) is 24.4 Å². The van der Waals surface area contributed by atoms with Gasteiger partial charge in [0.25, 0.3) is 0 Å². The number of pyridine rings is 1. The number of methoxy groups -OCH3 is 1. The Morgan fingerprint density at radius 1 is 1.27 bits per heavy atom. The molecule has 0 aliphatic carbocycles. The van der Waals surface area contributed by atoms with E-state index in [9.17, 15) is 4.79 Å². The summed E-state index contributed by atoms with van der Waals surface area (Å²) >= 11 is 0. The Morgan fingerprint density at radius 3 is 2.55 bits per heavy atom. The summed E-state index contributed by atoms with van der Waals surface area (Å²) in [5, 5.41) is 3.31. The lowest BCUT2D eigenvalue weighted by atomic mass is 10.2. The molecule has 1 rings (SSSR count). The minimum Gasteiger partial charge on any atom is -0.444 e. The fourth-order valence-corrected chi connectivity index (χ4v) is 1.77. The van der Waals surface area contributed by atoms with Gasteiger partial charge in [-0.05, 0) is 38.5 Å². The molecule has 0 aliphatic rings. The predicted octanol–water partition coefficient (Wildman–Crippen LogP) is 2.05. The van der Waals surface area contributed by atoms with Gasteiger partial charge in [-0.25, -0.2) is 4.79 Å². The van der Waals surface area contributed by atoms with Gasteiger partial charge < -0.3 is 19.7 Å². The summed E-state index contributed by atoms with van der Waals surface area (Å²) in [6, 6.07) is 3.92. The van der Waals surface area contributed by atoms with Crippen LogP contribution in [0.1, 0.15) is 26.3 Å². The molecular weight excluding hydrogens is 282 g/mol. The van der Waals surface area contributed by atoms with Crippen LogP contribution in [0.25, 0.3) is 0 Å². The Bertz CT molecular complexity index is 432. The van der Waals surface area contributed by atoms with Crippen LogP contribution in [0.2, 0.25) is 0 Å². The molecule has 0 aliphatic heterocycles. The van der Waals surface area contributed by atoms with Crippen LogP contribution in [-0.4, -0.2) is 54.9 Å². The van der Waals surface area contributed by atoms with Crippen molar-refractivity contribution in [2.75, 3.05) is 33.4 Å². The SMILES string of the molecule is COCCN(CCNCc1ccncc1)C(=O)OC(C)(C)C. The second kappa shape index (κ2) is 9.38. The van der Waals surface area contributed by atoms with Gasteiger partial charge in [-0.1, -0.05) is 0 Å². The molecule has 0 fully saturated rings. The maximum absolute atomic E-state index is 12.1. The molecule has 6 heteroatoms. The number of hydrogen-bond acceptors (Lipinski definition) is 5. The molecule has 1 aromatic heterocycles. The second-order valence-corrected chi connectivity index (χ2v) is 5.99. The van der Waals surface area contributed by atoms with Gasteiger partial charge in [-0.3, -0.25) is 4.98 Å². The van der Waals surface area contributed by atoms with Gasteiger partial charge in [-0.2, -0.15) is 0 Å². The van der Waals surface area contributed by atoms with Gasteiger partial charge in [0.05, 0.1) is 6.61 Å². The fraction of sp³-hybridized carbons (Fsp3) is 0.625. The summed E-state index contributed by atoms with van der Waals surface area (Å²) in [4.78, 5) is 17.8. The Labute approximate surface area is 132 Å². The molecule has 0 aromatic carbocycles. The standard InChI is InChI=1S/C16H27N3O3/c1-16(2,3)22-15(20)19(11-12-21-4)10-9-18-13-14-5-7-17-8-6-14/h5-8,18H,9-13H2,1-4H3. The van der Waals surface area contributed by atoms with Crippen molar-refractivity contribution in [2.24, 2.45) is 0 Å². The average Bonchev–Trinajstić information content (AvgIpc) is 2.45. The Balaban J connectivity index is 2.39. The maximum atomic E-state index is 12.1. The van der Waals surface area contributed by atoms with Crippen molar-refractivity contribution in [3.63, 3.8) is 0 Å². The number of aromatic nitrogens is 1. The third-order valence-corrected chi connectivity index (χ3v) is 2.85. The van der Waals surface area contributed by atoms with E-state index >= 15 is 0 Å². The molecule has 124 valence electrons. The van der Waals surface area contributed by atoms with Crippen molar-refractivity contribution in [1.82, 2.24) is 15.2 Å². The summed E-state index contributed by atoms with van der Waals surface area (Å²) in [7, 11) is 1.62. The highest BCUT2D eigenvalue weighted by Gasteiger charge is 2.21. The lowest BCUT2D eigenvalue weighted by molar-refractivity contribution is 0.0204.